The van der Waals surface area contributed by atoms with Crippen molar-refractivity contribution in [2.24, 2.45) is 0 Å². The Labute approximate surface area is 96.8 Å². The highest BCUT2D eigenvalue weighted by molar-refractivity contribution is 6.33. The number of carbonyl (C=O) groups excluding carboxylic acids is 1. The fourth-order valence-electron chi connectivity index (χ4n) is 1.51. The van der Waals surface area contributed by atoms with Gasteiger partial charge in [-0.05, 0) is 30.7 Å². The van der Waals surface area contributed by atoms with Crippen LogP contribution in [0, 0.1) is 6.92 Å². The average molecular weight is 240 g/mol. The van der Waals surface area contributed by atoms with Gasteiger partial charge in [-0.15, -0.1) is 0 Å². The summed E-state index contributed by atoms with van der Waals surface area (Å²) in [4.78, 5) is 14.9. The first-order chi connectivity index (χ1) is 7.13. The van der Waals surface area contributed by atoms with Gasteiger partial charge in [0.15, 0.2) is 6.29 Å². The van der Waals surface area contributed by atoms with Gasteiger partial charge in [0.25, 0.3) is 0 Å². The quantitative estimate of drug-likeness (QED) is 0.562. The van der Waals surface area contributed by atoms with Gasteiger partial charge in [-0.25, -0.2) is 4.98 Å². The van der Waals surface area contributed by atoms with Crippen LogP contribution < -0.4 is 0 Å². The SMILES string of the molecule is Cc1c(C=O)c(Cl)nc2ccc(Cl)cc12. The number of benzene rings is 1. The molecule has 2 aromatic rings. The van der Waals surface area contributed by atoms with Gasteiger partial charge in [0.1, 0.15) is 5.15 Å². The number of aromatic nitrogens is 1. The van der Waals surface area contributed by atoms with E-state index in [2.05, 4.69) is 4.98 Å². The van der Waals surface area contributed by atoms with E-state index in [4.69, 9.17) is 23.2 Å². The second-order valence-corrected chi connectivity index (χ2v) is 4.02. The third-order valence-electron chi connectivity index (χ3n) is 2.33. The number of fused-ring (bicyclic) bond motifs is 1. The third kappa shape index (κ3) is 1.71. The minimum absolute atomic E-state index is 0.234. The normalized spacial score (nSPS) is 10.6. The van der Waals surface area contributed by atoms with Crippen molar-refractivity contribution >= 4 is 40.4 Å². The summed E-state index contributed by atoms with van der Waals surface area (Å²) in [5.41, 5.74) is 1.97. The molecule has 0 fully saturated rings. The van der Waals surface area contributed by atoms with Gasteiger partial charge in [-0.2, -0.15) is 0 Å². The molecule has 1 aromatic heterocycles. The molecule has 1 aromatic carbocycles. The van der Waals surface area contributed by atoms with Crippen LogP contribution in [0.1, 0.15) is 15.9 Å². The van der Waals surface area contributed by atoms with E-state index in [1.54, 1.807) is 18.2 Å². The number of hydrogen-bond acceptors (Lipinski definition) is 2. The Balaban J connectivity index is 2.92. The van der Waals surface area contributed by atoms with E-state index in [1.165, 1.54) is 0 Å². The summed E-state index contributed by atoms with van der Waals surface area (Å²) in [7, 11) is 0. The topological polar surface area (TPSA) is 30.0 Å². The van der Waals surface area contributed by atoms with Gasteiger partial charge in [-0.3, -0.25) is 4.79 Å². The molecule has 0 saturated heterocycles. The third-order valence-corrected chi connectivity index (χ3v) is 2.85. The molecule has 1 heterocycles. The minimum atomic E-state index is 0.234. The molecule has 2 rings (SSSR count). The van der Waals surface area contributed by atoms with Crippen LogP contribution in [-0.2, 0) is 0 Å². The monoisotopic (exact) mass is 239 g/mol. The summed E-state index contributed by atoms with van der Waals surface area (Å²) in [6, 6.07) is 5.31. The second-order valence-electron chi connectivity index (χ2n) is 3.22. The number of hydrogen-bond donors (Lipinski definition) is 0. The Morgan fingerprint density at radius 1 is 1.33 bits per heavy atom. The highest BCUT2D eigenvalue weighted by atomic mass is 35.5. The van der Waals surface area contributed by atoms with Crippen LogP contribution in [0.3, 0.4) is 0 Å². The summed E-state index contributed by atoms with van der Waals surface area (Å²) in [6.07, 6.45) is 0.713. The van der Waals surface area contributed by atoms with E-state index in [0.29, 0.717) is 16.9 Å². The predicted octanol–water partition coefficient (Wildman–Crippen LogP) is 3.66. The van der Waals surface area contributed by atoms with Crippen LogP contribution in [0.25, 0.3) is 10.9 Å². The van der Waals surface area contributed by atoms with Gasteiger partial charge < -0.3 is 0 Å². The zero-order valence-corrected chi connectivity index (χ0v) is 9.43. The first-order valence-corrected chi connectivity index (χ1v) is 5.09. The van der Waals surface area contributed by atoms with Crippen molar-refractivity contribution in [3.05, 3.63) is 39.5 Å². The zero-order valence-electron chi connectivity index (χ0n) is 7.92. The fraction of sp³-hybridized carbons (Fsp3) is 0.0909. The summed E-state index contributed by atoms with van der Waals surface area (Å²) >= 11 is 11.7. The maximum Gasteiger partial charge on any atom is 0.153 e. The Morgan fingerprint density at radius 3 is 2.73 bits per heavy atom. The van der Waals surface area contributed by atoms with Crippen molar-refractivity contribution in [3.8, 4) is 0 Å². The summed E-state index contributed by atoms with van der Waals surface area (Å²) < 4.78 is 0. The maximum absolute atomic E-state index is 10.8. The molecule has 0 N–H and O–H groups in total. The molecule has 0 radical (unpaired) electrons. The molecule has 2 nitrogen and oxygen atoms in total. The van der Waals surface area contributed by atoms with E-state index < -0.39 is 0 Å². The molecule has 0 aliphatic carbocycles. The molecule has 0 bridgehead atoms. The zero-order chi connectivity index (χ0) is 11.0. The minimum Gasteiger partial charge on any atom is -0.298 e. The largest absolute Gasteiger partial charge is 0.298 e. The van der Waals surface area contributed by atoms with E-state index in [1.807, 2.05) is 6.92 Å². The molecular formula is C11H7Cl2NO. The smallest absolute Gasteiger partial charge is 0.153 e. The van der Waals surface area contributed by atoms with Crippen LogP contribution >= 0.6 is 23.2 Å². The Hall–Kier alpha value is -1.12. The molecule has 4 heteroatoms. The van der Waals surface area contributed by atoms with E-state index in [-0.39, 0.29) is 5.15 Å². The Bertz CT molecular complexity index is 552. The van der Waals surface area contributed by atoms with Gasteiger partial charge in [0.05, 0.1) is 11.1 Å². The lowest BCUT2D eigenvalue weighted by atomic mass is 10.1. The second kappa shape index (κ2) is 3.80. The van der Waals surface area contributed by atoms with Crippen molar-refractivity contribution in [1.82, 2.24) is 4.98 Å². The lowest BCUT2D eigenvalue weighted by Crippen LogP contribution is -1.93. The fourth-order valence-corrected chi connectivity index (χ4v) is 1.96. The highest BCUT2D eigenvalue weighted by Crippen LogP contribution is 2.26. The molecular weight excluding hydrogens is 233 g/mol. The van der Waals surface area contributed by atoms with Crippen molar-refractivity contribution < 1.29 is 4.79 Å². The average Bonchev–Trinajstić information content (AvgIpc) is 2.20. The van der Waals surface area contributed by atoms with Gasteiger partial charge in [0, 0.05) is 10.4 Å². The summed E-state index contributed by atoms with van der Waals surface area (Å²) in [5.74, 6) is 0. The number of halogens is 2. The van der Waals surface area contributed by atoms with E-state index in [0.717, 1.165) is 16.5 Å². The molecule has 0 unspecified atom stereocenters. The number of pyridine rings is 1. The number of rotatable bonds is 1. The summed E-state index contributed by atoms with van der Waals surface area (Å²) in [6.45, 7) is 1.83. The van der Waals surface area contributed by atoms with Crippen LogP contribution in [-0.4, -0.2) is 11.3 Å². The molecule has 0 atom stereocenters. The molecule has 15 heavy (non-hydrogen) atoms. The molecule has 0 aliphatic heterocycles. The standard InChI is InChI=1S/C11H7Cl2NO/c1-6-8-4-7(12)2-3-10(8)14-11(13)9(6)5-15/h2-5H,1H3. The van der Waals surface area contributed by atoms with E-state index >= 15 is 0 Å². The molecule has 0 spiro atoms. The lowest BCUT2D eigenvalue weighted by Gasteiger charge is -2.06. The van der Waals surface area contributed by atoms with E-state index in [9.17, 15) is 4.79 Å². The maximum atomic E-state index is 10.8. The van der Waals surface area contributed by atoms with Gasteiger partial charge >= 0.3 is 0 Å². The van der Waals surface area contributed by atoms with Crippen molar-refractivity contribution in [2.45, 2.75) is 6.92 Å². The molecule has 0 saturated carbocycles. The van der Waals surface area contributed by atoms with Gasteiger partial charge in [0.2, 0.25) is 0 Å². The van der Waals surface area contributed by atoms with Crippen LogP contribution in [0.4, 0.5) is 0 Å². The molecule has 0 aliphatic rings. The highest BCUT2D eigenvalue weighted by Gasteiger charge is 2.09. The molecule has 76 valence electrons. The Morgan fingerprint density at radius 2 is 2.07 bits per heavy atom. The van der Waals surface area contributed by atoms with Crippen LogP contribution in [0.15, 0.2) is 18.2 Å². The van der Waals surface area contributed by atoms with Crippen LogP contribution in [0.5, 0.6) is 0 Å². The first-order valence-electron chi connectivity index (χ1n) is 4.34. The van der Waals surface area contributed by atoms with Crippen molar-refractivity contribution in [1.29, 1.82) is 0 Å². The predicted molar refractivity (Wildman–Crippen MR) is 61.9 cm³/mol. The number of nitrogens with zero attached hydrogens (tertiary/aromatic N) is 1. The first kappa shape index (κ1) is 10.4. The van der Waals surface area contributed by atoms with Crippen LogP contribution in [0.2, 0.25) is 10.2 Å². The number of aryl methyl sites for hydroxylation is 1. The number of carbonyl (C=O) groups is 1. The van der Waals surface area contributed by atoms with Crippen molar-refractivity contribution in [3.63, 3.8) is 0 Å². The molecule has 0 amide bonds. The number of aldehydes is 1. The van der Waals surface area contributed by atoms with Crippen molar-refractivity contribution in [2.75, 3.05) is 0 Å². The Kier molecular flexibility index (Phi) is 2.63. The van der Waals surface area contributed by atoms with Gasteiger partial charge in [-0.1, -0.05) is 23.2 Å². The summed E-state index contributed by atoms with van der Waals surface area (Å²) in [5, 5.41) is 1.71. The lowest BCUT2D eigenvalue weighted by molar-refractivity contribution is 0.112.